The average Bonchev–Trinajstić information content (AvgIpc) is 2.32. The molecule has 0 amide bonds. The van der Waals surface area contributed by atoms with Crippen LogP contribution in [0.3, 0.4) is 0 Å². The first-order valence-electron chi connectivity index (χ1n) is 7.86. The molecular weight excluding hydrogens is 268 g/mol. The fourth-order valence-electron chi connectivity index (χ4n) is 5.04. The van der Waals surface area contributed by atoms with Crippen molar-refractivity contribution in [3.63, 3.8) is 0 Å². The molecule has 3 unspecified atom stereocenters. The van der Waals surface area contributed by atoms with Gasteiger partial charge in [-0.2, -0.15) is 0 Å². The predicted octanol–water partition coefficient (Wildman–Crippen LogP) is 3.46. The van der Waals surface area contributed by atoms with Crippen LogP contribution in [0.25, 0.3) is 0 Å². The van der Waals surface area contributed by atoms with Crippen LogP contribution in [0.15, 0.2) is 11.6 Å². The summed E-state index contributed by atoms with van der Waals surface area (Å²) < 4.78 is 0. The summed E-state index contributed by atoms with van der Waals surface area (Å²) in [7, 11) is 0. The SMILES string of the molecule is CCC(O[N+](=O)[O-])C1(C)C=C2CC(C)(C)CC(CN)(C2)C1. The van der Waals surface area contributed by atoms with Crippen LogP contribution in [0.1, 0.15) is 59.8 Å². The predicted molar refractivity (Wildman–Crippen MR) is 82.1 cm³/mol. The molecule has 0 spiro atoms. The molecule has 0 aromatic carbocycles. The molecule has 1 saturated carbocycles. The third-order valence-electron chi connectivity index (χ3n) is 5.20. The molecule has 21 heavy (non-hydrogen) atoms. The fraction of sp³-hybridized carbons (Fsp3) is 0.875. The Kier molecular flexibility index (Phi) is 4.08. The van der Waals surface area contributed by atoms with Gasteiger partial charge in [-0.3, -0.25) is 0 Å². The Labute approximate surface area is 127 Å². The van der Waals surface area contributed by atoms with Gasteiger partial charge in [0.05, 0.1) is 0 Å². The summed E-state index contributed by atoms with van der Waals surface area (Å²) in [5.74, 6) is 0. The van der Waals surface area contributed by atoms with Crippen molar-refractivity contribution < 1.29 is 9.92 Å². The van der Waals surface area contributed by atoms with E-state index in [1.165, 1.54) is 5.57 Å². The van der Waals surface area contributed by atoms with Gasteiger partial charge in [-0.1, -0.05) is 39.3 Å². The highest BCUT2D eigenvalue weighted by Gasteiger charge is 2.50. The molecular formula is C16H28N2O3. The number of rotatable bonds is 5. The molecule has 2 N–H and O–H groups in total. The second kappa shape index (κ2) is 5.27. The molecule has 0 aromatic rings. The number of hydrogen-bond acceptors (Lipinski definition) is 4. The summed E-state index contributed by atoms with van der Waals surface area (Å²) in [5.41, 5.74) is 7.55. The quantitative estimate of drug-likeness (QED) is 0.478. The Morgan fingerprint density at radius 1 is 1.38 bits per heavy atom. The van der Waals surface area contributed by atoms with Crippen LogP contribution >= 0.6 is 0 Å². The van der Waals surface area contributed by atoms with E-state index in [9.17, 15) is 10.1 Å². The highest BCUT2D eigenvalue weighted by atomic mass is 17.0. The molecule has 0 heterocycles. The lowest BCUT2D eigenvalue weighted by molar-refractivity contribution is -0.772. The van der Waals surface area contributed by atoms with Gasteiger partial charge in [0, 0.05) is 5.41 Å². The van der Waals surface area contributed by atoms with Crippen LogP contribution < -0.4 is 5.73 Å². The summed E-state index contributed by atoms with van der Waals surface area (Å²) in [6.07, 6.45) is 6.53. The molecule has 0 aliphatic heterocycles. The standard InChI is InChI=1S/C16H28N2O3/c1-5-13(21-18(19)20)15(4)7-12-6-14(2,3)9-16(8-12,10-15)11-17/h7,13H,5-6,8-11,17H2,1-4H3. The van der Waals surface area contributed by atoms with Crippen molar-refractivity contribution in [2.45, 2.75) is 65.9 Å². The first-order chi connectivity index (χ1) is 9.64. The summed E-state index contributed by atoms with van der Waals surface area (Å²) in [4.78, 5) is 15.8. The van der Waals surface area contributed by atoms with Crippen LogP contribution in [-0.2, 0) is 4.84 Å². The molecule has 2 aliphatic carbocycles. The zero-order chi connectivity index (χ0) is 15.9. The minimum Gasteiger partial charge on any atom is -0.330 e. The number of allylic oxidation sites excluding steroid dienone is 1. The van der Waals surface area contributed by atoms with Crippen LogP contribution in [0.4, 0.5) is 0 Å². The fourth-order valence-corrected chi connectivity index (χ4v) is 5.04. The summed E-state index contributed by atoms with van der Waals surface area (Å²) in [6.45, 7) is 9.25. The van der Waals surface area contributed by atoms with E-state index in [0.29, 0.717) is 13.0 Å². The molecule has 5 nitrogen and oxygen atoms in total. The Morgan fingerprint density at radius 3 is 2.57 bits per heavy atom. The molecule has 5 heteroatoms. The Morgan fingerprint density at radius 2 is 2.05 bits per heavy atom. The average molecular weight is 296 g/mol. The van der Waals surface area contributed by atoms with Gasteiger partial charge in [-0.25, -0.2) is 0 Å². The van der Waals surface area contributed by atoms with Gasteiger partial charge in [0.1, 0.15) is 6.10 Å². The highest BCUT2D eigenvalue weighted by molar-refractivity contribution is 5.24. The third kappa shape index (κ3) is 3.23. The van der Waals surface area contributed by atoms with E-state index < -0.39 is 11.2 Å². The van der Waals surface area contributed by atoms with Crippen molar-refractivity contribution in [2.75, 3.05) is 6.54 Å². The van der Waals surface area contributed by atoms with E-state index in [1.54, 1.807) is 0 Å². The maximum absolute atomic E-state index is 10.8. The summed E-state index contributed by atoms with van der Waals surface area (Å²) in [6, 6.07) is 0. The molecule has 2 bridgehead atoms. The molecule has 3 atom stereocenters. The maximum atomic E-state index is 10.8. The second-order valence-electron chi connectivity index (χ2n) is 8.11. The first-order valence-corrected chi connectivity index (χ1v) is 7.86. The monoisotopic (exact) mass is 296 g/mol. The molecule has 2 rings (SSSR count). The molecule has 120 valence electrons. The number of nitrogens with zero attached hydrogens (tertiary/aromatic N) is 1. The third-order valence-corrected chi connectivity index (χ3v) is 5.20. The molecule has 0 saturated heterocycles. The lowest BCUT2D eigenvalue weighted by Gasteiger charge is -2.54. The van der Waals surface area contributed by atoms with E-state index in [4.69, 9.17) is 10.6 Å². The van der Waals surface area contributed by atoms with Gasteiger partial charge in [0.2, 0.25) is 0 Å². The summed E-state index contributed by atoms with van der Waals surface area (Å²) in [5, 5.41) is 10.1. The molecule has 0 radical (unpaired) electrons. The maximum Gasteiger partial charge on any atom is 0.294 e. The zero-order valence-corrected chi connectivity index (χ0v) is 13.6. The smallest absolute Gasteiger partial charge is 0.294 e. The number of fused-ring (bicyclic) bond motifs is 2. The minimum atomic E-state index is -0.651. The zero-order valence-electron chi connectivity index (χ0n) is 13.6. The van der Waals surface area contributed by atoms with Crippen LogP contribution in [-0.4, -0.2) is 17.7 Å². The lowest BCUT2D eigenvalue weighted by atomic mass is 9.52. The largest absolute Gasteiger partial charge is 0.330 e. The van der Waals surface area contributed by atoms with Crippen LogP contribution in [0.5, 0.6) is 0 Å². The Bertz CT molecular complexity index is 460. The lowest BCUT2D eigenvalue weighted by Crippen LogP contribution is -2.49. The van der Waals surface area contributed by atoms with Crippen molar-refractivity contribution in [1.29, 1.82) is 0 Å². The normalized spacial score (nSPS) is 35.8. The van der Waals surface area contributed by atoms with E-state index >= 15 is 0 Å². The van der Waals surface area contributed by atoms with Crippen molar-refractivity contribution in [3.8, 4) is 0 Å². The molecule has 2 aliphatic rings. The number of hydrogen-bond donors (Lipinski definition) is 1. The number of nitrogens with two attached hydrogens (primary N) is 1. The van der Waals surface area contributed by atoms with Gasteiger partial charge in [0.25, 0.3) is 5.09 Å². The van der Waals surface area contributed by atoms with Gasteiger partial charge >= 0.3 is 0 Å². The van der Waals surface area contributed by atoms with Gasteiger partial charge in [-0.15, -0.1) is 10.1 Å². The van der Waals surface area contributed by atoms with Gasteiger partial charge < -0.3 is 10.6 Å². The van der Waals surface area contributed by atoms with E-state index in [2.05, 4.69) is 26.8 Å². The topological polar surface area (TPSA) is 78.4 Å². The van der Waals surface area contributed by atoms with Gasteiger partial charge in [-0.05, 0) is 49.5 Å². The Hall–Kier alpha value is -1.10. The second-order valence-corrected chi connectivity index (χ2v) is 8.11. The van der Waals surface area contributed by atoms with Crippen LogP contribution in [0.2, 0.25) is 0 Å². The van der Waals surface area contributed by atoms with Crippen molar-refractivity contribution in [2.24, 2.45) is 22.0 Å². The van der Waals surface area contributed by atoms with E-state index in [1.807, 2.05) is 6.92 Å². The highest BCUT2D eigenvalue weighted by Crippen LogP contribution is 2.58. The summed E-state index contributed by atoms with van der Waals surface area (Å²) >= 11 is 0. The van der Waals surface area contributed by atoms with E-state index in [-0.39, 0.29) is 16.2 Å². The molecule has 0 aromatic heterocycles. The molecule has 1 fully saturated rings. The Balaban J connectivity index is 2.36. The van der Waals surface area contributed by atoms with Crippen molar-refractivity contribution >= 4 is 0 Å². The van der Waals surface area contributed by atoms with Crippen molar-refractivity contribution in [1.82, 2.24) is 0 Å². The first kappa shape index (κ1) is 16.3. The minimum absolute atomic E-state index is 0.0635. The van der Waals surface area contributed by atoms with Gasteiger partial charge in [0.15, 0.2) is 0 Å². The van der Waals surface area contributed by atoms with Crippen molar-refractivity contribution in [3.05, 3.63) is 21.8 Å². The van der Waals surface area contributed by atoms with Crippen LogP contribution in [0, 0.1) is 26.4 Å². The van der Waals surface area contributed by atoms with E-state index in [0.717, 1.165) is 25.7 Å².